The van der Waals surface area contributed by atoms with Crippen molar-refractivity contribution in [3.05, 3.63) is 77.9 Å². The number of nitrogens with one attached hydrogen (secondary N) is 1. The Morgan fingerprint density at radius 3 is 2.48 bits per heavy atom. The number of halogens is 5. The molecule has 31 heavy (non-hydrogen) atoms. The fraction of sp³-hybridized carbons (Fsp3) is 0.273. The van der Waals surface area contributed by atoms with E-state index in [9.17, 15) is 22.0 Å². The van der Waals surface area contributed by atoms with E-state index < -0.39 is 25.1 Å². The second-order valence-corrected chi connectivity index (χ2v) is 7.20. The van der Waals surface area contributed by atoms with Crippen molar-refractivity contribution >= 4 is 16.8 Å². The molecule has 1 N–H and O–H groups in total. The summed E-state index contributed by atoms with van der Waals surface area (Å²) in [6, 6.07) is 4.95. The Bertz CT molecular complexity index is 1130. The van der Waals surface area contributed by atoms with Crippen molar-refractivity contribution in [2.75, 3.05) is 0 Å². The first-order valence-corrected chi connectivity index (χ1v) is 9.41. The summed E-state index contributed by atoms with van der Waals surface area (Å²) in [5, 5.41) is 6.52. The lowest BCUT2D eigenvalue weighted by Crippen LogP contribution is -2.38. The van der Waals surface area contributed by atoms with Gasteiger partial charge in [0.05, 0.1) is 18.1 Å². The molecule has 0 bridgehead atoms. The van der Waals surface area contributed by atoms with Gasteiger partial charge < -0.3 is 5.32 Å². The van der Waals surface area contributed by atoms with Gasteiger partial charge in [0.1, 0.15) is 6.04 Å². The van der Waals surface area contributed by atoms with Gasteiger partial charge in [0, 0.05) is 34.4 Å². The molecule has 164 valence electrons. The number of aryl methyl sites for hydroxylation is 1. The number of hydrogen-bond donors (Lipinski definition) is 1. The standard InChI is InChI=1S/C22H21F5N4/c1-12(18-6-5-17(10-21(23)24)30-13(18)2)16-7-8-31-20(9-16)19(11-28-31)14(3)29-15(4)22(25,26)27/h5-9,11,15,21,29H,1,3,10H2,2,4H3. The molecular weight excluding hydrogens is 415 g/mol. The van der Waals surface area contributed by atoms with Crippen molar-refractivity contribution in [3.8, 4) is 0 Å². The third-order valence-electron chi connectivity index (χ3n) is 4.91. The van der Waals surface area contributed by atoms with Gasteiger partial charge in [-0.3, -0.25) is 4.98 Å². The Balaban J connectivity index is 1.91. The second-order valence-electron chi connectivity index (χ2n) is 7.20. The van der Waals surface area contributed by atoms with Crippen LogP contribution in [0.4, 0.5) is 22.0 Å². The summed E-state index contributed by atoms with van der Waals surface area (Å²) in [4.78, 5) is 4.22. The van der Waals surface area contributed by atoms with Crippen molar-refractivity contribution in [1.82, 2.24) is 19.9 Å². The number of rotatable bonds is 7. The van der Waals surface area contributed by atoms with Crippen molar-refractivity contribution < 1.29 is 22.0 Å². The predicted octanol–water partition coefficient (Wildman–Crippen LogP) is 5.42. The molecule has 0 spiro atoms. The molecule has 0 radical (unpaired) electrons. The Labute approximate surface area is 176 Å². The highest BCUT2D eigenvalue weighted by Crippen LogP contribution is 2.28. The van der Waals surface area contributed by atoms with Gasteiger partial charge in [0.25, 0.3) is 0 Å². The molecule has 0 amide bonds. The molecule has 1 atom stereocenters. The quantitative estimate of drug-likeness (QED) is 0.503. The summed E-state index contributed by atoms with van der Waals surface area (Å²) < 4.78 is 65.3. The zero-order valence-corrected chi connectivity index (χ0v) is 17.0. The number of fused-ring (bicyclic) bond motifs is 1. The highest BCUT2D eigenvalue weighted by Gasteiger charge is 2.36. The minimum absolute atomic E-state index is 0.0942. The number of alkyl halides is 5. The Kier molecular flexibility index (Phi) is 6.15. The lowest BCUT2D eigenvalue weighted by Gasteiger charge is -2.19. The number of pyridine rings is 2. The van der Waals surface area contributed by atoms with E-state index in [-0.39, 0.29) is 5.70 Å². The lowest BCUT2D eigenvalue weighted by atomic mass is 9.98. The van der Waals surface area contributed by atoms with Crippen molar-refractivity contribution in [2.24, 2.45) is 0 Å². The summed E-state index contributed by atoms with van der Waals surface area (Å²) >= 11 is 0. The van der Waals surface area contributed by atoms with Crippen molar-refractivity contribution in [2.45, 2.75) is 38.9 Å². The molecule has 0 saturated carbocycles. The number of nitrogens with zero attached hydrogens (tertiary/aromatic N) is 3. The third kappa shape index (κ3) is 4.92. The van der Waals surface area contributed by atoms with Crippen molar-refractivity contribution in [1.29, 1.82) is 0 Å². The van der Waals surface area contributed by atoms with Gasteiger partial charge in [0.15, 0.2) is 0 Å². The lowest BCUT2D eigenvalue weighted by molar-refractivity contribution is -0.148. The molecular formula is C22H21F5N4. The molecule has 3 aromatic rings. The fourth-order valence-corrected chi connectivity index (χ4v) is 3.18. The minimum atomic E-state index is -4.41. The maximum atomic E-state index is 12.9. The topological polar surface area (TPSA) is 42.2 Å². The second kappa shape index (κ2) is 8.49. The molecule has 0 aromatic carbocycles. The van der Waals surface area contributed by atoms with Crippen LogP contribution in [0.1, 0.15) is 35.0 Å². The van der Waals surface area contributed by atoms with Crippen LogP contribution >= 0.6 is 0 Å². The van der Waals surface area contributed by atoms with Gasteiger partial charge in [-0.25, -0.2) is 13.3 Å². The molecule has 3 rings (SSSR count). The highest BCUT2D eigenvalue weighted by atomic mass is 19.4. The van der Waals surface area contributed by atoms with Crippen molar-refractivity contribution in [3.63, 3.8) is 0 Å². The highest BCUT2D eigenvalue weighted by molar-refractivity contribution is 5.83. The van der Waals surface area contributed by atoms with E-state index in [0.29, 0.717) is 39.2 Å². The Hall–Kier alpha value is -3.23. The van der Waals surface area contributed by atoms with Crippen LogP contribution < -0.4 is 5.32 Å². The molecule has 3 heterocycles. The molecule has 1 unspecified atom stereocenters. The van der Waals surface area contributed by atoms with E-state index in [1.165, 1.54) is 16.8 Å². The smallest absolute Gasteiger partial charge is 0.374 e. The van der Waals surface area contributed by atoms with Crippen LogP contribution in [0, 0.1) is 6.92 Å². The molecule has 0 fully saturated rings. The zero-order valence-electron chi connectivity index (χ0n) is 17.0. The minimum Gasteiger partial charge on any atom is -0.374 e. The Morgan fingerprint density at radius 1 is 1.16 bits per heavy atom. The molecule has 4 nitrogen and oxygen atoms in total. The van der Waals surface area contributed by atoms with Gasteiger partial charge in [0.2, 0.25) is 6.43 Å². The van der Waals surface area contributed by atoms with Gasteiger partial charge in [-0.1, -0.05) is 19.2 Å². The normalized spacial score (nSPS) is 12.9. The van der Waals surface area contributed by atoms with Crippen LogP contribution in [0.5, 0.6) is 0 Å². The van der Waals surface area contributed by atoms with Gasteiger partial charge in [-0.15, -0.1) is 0 Å². The van der Waals surface area contributed by atoms with Gasteiger partial charge in [-0.05, 0) is 43.2 Å². The van der Waals surface area contributed by atoms with Crippen LogP contribution in [-0.2, 0) is 6.42 Å². The fourth-order valence-electron chi connectivity index (χ4n) is 3.18. The summed E-state index contributed by atoms with van der Waals surface area (Å²) in [6.45, 7) is 10.5. The van der Waals surface area contributed by atoms with Gasteiger partial charge >= 0.3 is 6.18 Å². The number of hydrogen-bond acceptors (Lipinski definition) is 3. The van der Waals surface area contributed by atoms with E-state index >= 15 is 0 Å². The molecule has 9 heteroatoms. The van der Waals surface area contributed by atoms with E-state index in [0.717, 1.165) is 6.92 Å². The SMILES string of the molecule is C=C(c1ccn2ncc(C(=C)NC(C)C(F)(F)F)c2c1)c1ccc(CC(F)F)nc1C. The summed E-state index contributed by atoms with van der Waals surface area (Å²) in [5.74, 6) is 0. The van der Waals surface area contributed by atoms with Gasteiger partial charge in [-0.2, -0.15) is 18.3 Å². The monoisotopic (exact) mass is 436 g/mol. The molecule has 0 aliphatic carbocycles. The van der Waals surface area contributed by atoms with E-state index in [4.69, 9.17) is 0 Å². The number of aromatic nitrogens is 3. The molecule has 0 aliphatic rings. The van der Waals surface area contributed by atoms with E-state index in [1.807, 2.05) is 0 Å². The van der Waals surface area contributed by atoms with Crippen LogP contribution in [-0.4, -0.2) is 33.2 Å². The molecule has 0 saturated heterocycles. The molecule has 0 aliphatic heterocycles. The van der Waals surface area contributed by atoms with Crippen LogP contribution in [0.15, 0.2) is 49.8 Å². The van der Waals surface area contributed by atoms with E-state index in [1.54, 1.807) is 31.3 Å². The Morgan fingerprint density at radius 2 is 1.87 bits per heavy atom. The van der Waals surface area contributed by atoms with Crippen LogP contribution in [0.2, 0.25) is 0 Å². The maximum absolute atomic E-state index is 12.9. The summed E-state index contributed by atoms with van der Waals surface area (Å²) in [5.41, 5.74) is 3.89. The first kappa shape index (κ1) is 22.5. The zero-order chi connectivity index (χ0) is 22.9. The van der Waals surface area contributed by atoms with E-state index in [2.05, 4.69) is 28.6 Å². The molecule has 3 aromatic heterocycles. The summed E-state index contributed by atoms with van der Waals surface area (Å²) in [6.07, 6.45) is -4.22. The third-order valence-corrected chi connectivity index (χ3v) is 4.91. The predicted molar refractivity (Wildman–Crippen MR) is 110 cm³/mol. The van der Waals surface area contributed by atoms with Crippen LogP contribution in [0.3, 0.4) is 0 Å². The van der Waals surface area contributed by atoms with Crippen LogP contribution in [0.25, 0.3) is 16.8 Å². The summed E-state index contributed by atoms with van der Waals surface area (Å²) in [7, 11) is 0. The average Bonchev–Trinajstić information content (AvgIpc) is 3.09. The maximum Gasteiger partial charge on any atom is 0.408 e. The first-order valence-electron chi connectivity index (χ1n) is 9.41. The average molecular weight is 436 g/mol. The largest absolute Gasteiger partial charge is 0.408 e. The first-order chi connectivity index (χ1) is 14.5.